The standard InChI is InChI=1S/C14H18N5O2/c1-8(2)6-19-12(20)10-11(17(5)14(19)21)15-13-16(4)9(3)7-18(10)13/h7,10H,1,6H2,2-5H3/q+1. The Kier molecular flexibility index (Phi) is 2.76. The molecule has 1 unspecified atom stereocenters. The van der Waals surface area contributed by atoms with Gasteiger partial charge in [0.25, 0.3) is 5.91 Å². The molecule has 3 heterocycles. The number of amidine groups is 1. The number of aromatic nitrogens is 2. The zero-order valence-corrected chi connectivity index (χ0v) is 12.6. The number of aryl methyl sites for hydroxylation is 1. The van der Waals surface area contributed by atoms with Gasteiger partial charge in [-0.25, -0.2) is 13.9 Å². The van der Waals surface area contributed by atoms with Gasteiger partial charge in [-0.05, 0) is 13.8 Å². The molecule has 0 radical (unpaired) electrons. The minimum absolute atomic E-state index is 0.230. The van der Waals surface area contributed by atoms with Gasteiger partial charge in [0, 0.05) is 7.05 Å². The lowest BCUT2D eigenvalue weighted by molar-refractivity contribution is -0.677. The van der Waals surface area contributed by atoms with E-state index in [0.29, 0.717) is 11.8 Å². The molecule has 1 aromatic rings. The fourth-order valence-electron chi connectivity index (χ4n) is 2.71. The summed E-state index contributed by atoms with van der Waals surface area (Å²) >= 11 is 0. The zero-order valence-electron chi connectivity index (χ0n) is 12.6. The van der Waals surface area contributed by atoms with Crippen molar-refractivity contribution in [2.24, 2.45) is 12.0 Å². The van der Waals surface area contributed by atoms with E-state index in [2.05, 4.69) is 11.6 Å². The van der Waals surface area contributed by atoms with Crippen molar-refractivity contribution in [3.8, 4) is 0 Å². The molecule has 2 aliphatic heterocycles. The Morgan fingerprint density at radius 1 is 1.43 bits per heavy atom. The van der Waals surface area contributed by atoms with Gasteiger partial charge >= 0.3 is 12.0 Å². The first-order valence-corrected chi connectivity index (χ1v) is 6.72. The van der Waals surface area contributed by atoms with Crippen LogP contribution in [0.5, 0.6) is 0 Å². The van der Waals surface area contributed by atoms with E-state index in [-0.39, 0.29) is 18.5 Å². The molecule has 1 fully saturated rings. The van der Waals surface area contributed by atoms with Gasteiger partial charge < -0.3 is 0 Å². The Labute approximate surface area is 122 Å². The van der Waals surface area contributed by atoms with E-state index in [4.69, 9.17) is 0 Å². The molecule has 1 aromatic heterocycles. The first-order valence-electron chi connectivity index (χ1n) is 6.72. The van der Waals surface area contributed by atoms with Gasteiger partial charge in [-0.15, -0.1) is 0 Å². The third kappa shape index (κ3) is 1.73. The van der Waals surface area contributed by atoms with Crippen LogP contribution in [-0.4, -0.2) is 45.7 Å². The first kappa shape index (κ1) is 13.5. The van der Waals surface area contributed by atoms with Gasteiger partial charge in [0.05, 0.1) is 13.6 Å². The van der Waals surface area contributed by atoms with Crippen LogP contribution in [0.15, 0.2) is 23.3 Å². The molecule has 2 aliphatic rings. The SMILES string of the molecule is C=C(C)CN1C(=O)C2C(=Nc3n(C)c(C)c[n+]32)N(C)C1=O. The Balaban J connectivity index is 2.10. The second kappa shape index (κ2) is 4.28. The molecule has 1 atom stereocenters. The van der Waals surface area contributed by atoms with E-state index in [0.717, 1.165) is 11.3 Å². The zero-order chi connectivity index (χ0) is 15.5. The quantitative estimate of drug-likeness (QED) is 0.593. The van der Waals surface area contributed by atoms with Crippen molar-refractivity contribution in [3.05, 3.63) is 24.0 Å². The van der Waals surface area contributed by atoms with Crippen molar-refractivity contribution >= 4 is 23.7 Å². The highest BCUT2D eigenvalue weighted by Gasteiger charge is 2.52. The van der Waals surface area contributed by atoms with Crippen LogP contribution in [-0.2, 0) is 11.8 Å². The number of rotatable bonds is 2. The number of hydrogen-bond acceptors (Lipinski definition) is 3. The monoisotopic (exact) mass is 288 g/mol. The van der Waals surface area contributed by atoms with Crippen molar-refractivity contribution in [2.45, 2.75) is 19.9 Å². The molecule has 0 saturated carbocycles. The predicted molar refractivity (Wildman–Crippen MR) is 76.2 cm³/mol. The van der Waals surface area contributed by atoms with Crippen molar-refractivity contribution in [1.82, 2.24) is 14.4 Å². The molecule has 21 heavy (non-hydrogen) atoms. The van der Waals surface area contributed by atoms with Crippen LogP contribution >= 0.6 is 0 Å². The number of nitrogens with zero attached hydrogens (tertiary/aromatic N) is 5. The molecule has 0 aromatic carbocycles. The minimum Gasteiger partial charge on any atom is -0.270 e. The molecule has 0 N–H and O–H groups in total. The number of carbonyl (C=O) groups excluding carboxylic acids is 2. The van der Waals surface area contributed by atoms with Gasteiger partial charge in [-0.1, -0.05) is 17.1 Å². The minimum atomic E-state index is -0.568. The molecule has 0 aliphatic carbocycles. The highest BCUT2D eigenvalue weighted by atomic mass is 16.2. The lowest BCUT2D eigenvalue weighted by Gasteiger charge is -2.33. The van der Waals surface area contributed by atoms with Crippen molar-refractivity contribution in [3.63, 3.8) is 0 Å². The summed E-state index contributed by atoms with van der Waals surface area (Å²) in [7, 11) is 3.53. The van der Waals surface area contributed by atoms with Crippen LogP contribution in [0, 0.1) is 6.92 Å². The summed E-state index contributed by atoms with van der Waals surface area (Å²) in [4.78, 5) is 32.2. The third-order valence-corrected chi connectivity index (χ3v) is 3.91. The number of aliphatic imine (C=N–C) groups is 1. The van der Waals surface area contributed by atoms with E-state index in [1.807, 2.05) is 29.3 Å². The number of amides is 3. The van der Waals surface area contributed by atoms with E-state index in [9.17, 15) is 9.59 Å². The molecule has 0 spiro atoms. The largest absolute Gasteiger partial charge is 0.401 e. The third-order valence-electron chi connectivity index (χ3n) is 3.91. The topological polar surface area (TPSA) is 61.8 Å². The number of fused-ring (bicyclic) bond motifs is 3. The smallest absolute Gasteiger partial charge is 0.270 e. The maximum atomic E-state index is 12.7. The Bertz CT molecular complexity index is 715. The number of imide groups is 1. The second-order valence-electron chi connectivity index (χ2n) is 5.63. The summed E-state index contributed by atoms with van der Waals surface area (Å²) in [5, 5.41) is 0. The lowest BCUT2D eigenvalue weighted by atomic mass is 10.1. The van der Waals surface area contributed by atoms with E-state index >= 15 is 0 Å². The Morgan fingerprint density at radius 3 is 2.71 bits per heavy atom. The van der Waals surface area contributed by atoms with Crippen LogP contribution in [0.25, 0.3) is 0 Å². The molecular weight excluding hydrogens is 270 g/mol. The normalized spacial score (nSPS) is 20.6. The summed E-state index contributed by atoms with van der Waals surface area (Å²) in [5.41, 5.74) is 1.77. The summed E-state index contributed by atoms with van der Waals surface area (Å²) < 4.78 is 3.72. The molecule has 7 heteroatoms. The van der Waals surface area contributed by atoms with Crippen LogP contribution in [0.3, 0.4) is 0 Å². The highest BCUT2D eigenvalue weighted by Crippen LogP contribution is 2.28. The molecule has 1 saturated heterocycles. The Morgan fingerprint density at radius 2 is 2.10 bits per heavy atom. The molecule has 7 nitrogen and oxygen atoms in total. The highest BCUT2D eigenvalue weighted by molar-refractivity contribution is 6.19. The summed E-state index contributed by atoms with van der Waals surface area (Å²) in [6, 6.07) is -0.926. The maximum Gasteiger partial charge on any atom is 0.401 e. The van der Waals surface area contributed by atoms with Gasteiger partial charge in [0.2, 0.25) is 11.9 Å². The van der Waals surface area contributed by atoms with Crippen LogP contribution in [0.4, 0.5) is 10.7 Å². The van der Waals surface area contributed by atoms with Crippen LogP contribution in [0.2, 0.25) is 0 Å². The van der Waals surface area contributed by atoms with E-state index in [1.165, 1.54) is 9.80 Å². The van der Waals surface area contributed by atoms with Gasteiger partial charge in [-0.3, -0.25) is 14.6 Å². The number of likely N-dealkylation sites (N-methyl/N-ethyl adjacent to an activating group) is 1. The number of hydrogen-bond donors (Lipinski definition) is 0. The average molecular weight is 288 g/mol. The van der Waals surface area contributed by atoms with E-state index < -0.39 is 6.04 Å². The average Bonchev–Trinajstić information content (AvgIpc) is 2.91. The van der Waals surface area contributed by atoms with Gasteiger partial charge in [-0.2, -0.15) is 0 Å². The summed E-state index contributed by atoms with van der Waals surface area (Å²) in [6.07, 6.45) is 1.89. The fourth-order valence-corrected chi connectivity index (χ4v) is 2.71. The second-order valence-corrected chi connectivity index (χ2v) is 5.63. The summed E-state index contributed by atoms with van der Waals surface area (Å²) in [6.45, 7) is 7.76. The van der Waals surface area contributed by atoms with Gasteiger partial charge in [0.15, 0.2) is 0 Å². The molecule has 3 rings (SSSR count). The first-order chi connectivity index (χ1) is 9.82. The molecule has 110 valence electrons. The van der Waals surface area contributed by atoms with Crippen LogP contribution in [0.1, 0.15) is 18.7 Å². The maximum absolute atomic E-state index is 12.7. The van der Waals surface area contributed by atoms with E-state index in [1.54, 1.807) is 14.0 Å². The van der Waals surface area contributed by atoms with Crippen molar-refractivity contribution in [1.29, 1.82) is 0 Å². The number of imidazole rings is 1. The van der Waals surface area contributed by atoms with Crippen molar-refractivity contribution in [2.75, 3.05) is 13.6 Å². The predicted octanol–water partition coefficient (Wildman–Crippen LogP) is 0.676. The summed E-state index contributed by atoms with van der Waals surface area (Å²) in [5.74, 6) is 0.903. The fraction of sp³-hybridized carbons (Fsp3) is 0.429. The lowest BCUT2D eigenvalue weighted by Crippen LogP contribution is -2.62. The molecule has 0 bridgehead atoms. The molecular formula is C14H18N5O2+. The number of carbonyl (C=O) groups is 2. The molecule has 3 amide bonds. The number of urea groups is 1. The Hall–Kier alpha value is -2.44. The van der Waals surface area contributed by atoms with Crippen molar-refractivity contribution < 1.29 is 14.2 Å². The van der Waals surface area contributed by atoms with Crippen LogP contribution < -0.4 is 4.57 Å². The van der Waals surface area contributed by atoms with Gasteiger partial charge in [0.1, 0.15) is 11.9 Å².